The highest BCUT2D eigenvalue weighted by atomic mass is 127. The van der Waals surface area contributed by atoms with Gasteiger partial charge in [0.25, 0.3) is 0 Å². The molecule has 174 valence electrons. The zero-order valence-corrected chi connectivity index (χ0v) is 22.0. The number of guanidine groups is 1. The van der Waals surface area contributed by atoms with E-state index in [9.17, 15) is 4.79 Å². The van der Waals surface area contributed by atoms with Crippen LogP contribution in [0.4, 0.5) is 0 Å². The van der Waals surface area contributed by atoms with Crippen LogP contribution < -0.4 is 10.6 Å². The Labute approximate surface area is 209 Å². The van der Waals surface area contributed by atoms with Gasteiger partial charge in [0.2, 0.25) is 5.91 Å². The van der Waals surface area contributed by atoms with E-state index in [2.05, 4.69) is 56.6 Å². The number of nitrogens with one attached hydrogen (secondary N) is 2. The number of halogens is 1. The van der Waals surface area contributed by atoms with Crippen LogP contribution in [0.25, 0.3) is 0 Å². The summed E-state index contributed by atoms with van der Waals surface area (Å²) in [7, 11) is 1.82. The summed E-state index contributed by atoms with van der Waals surface area (Å²) in [6, 6.07) is 10.5. The fourth-order valence-corrected chi connectivity index (χ4v) is 5.13. The van der Waals surface area contributed by atoms with Crippen molar-refractivity contribution in [1.82, 2.24) is 20.4 Å². The van der Waals surface area contributed by atoms with E-state index in [0.29, 0.717) is 17.1 Å². The molecule has 1 aliphatic carbocycles. The zero-order chi connectivity index (χ0) is 21.2. The Hall–Kier alpha value is -1.000. The summed E-state index contributed by atoms with van der Waals surface area (Å²) < 4.78 is 0. The van der Waals surface area contributed by atoms with Crippen LogP contribution in [0.15, 0.2) is 40.2 Å². The van der Waals surface area contributed by atoms with Gasteiger partial charge in [0, 0.05) is 68.9 Å². The molecule has 1 heterocycles. The first-order chi connectivity index (χ1) is 14.7. The molecule has 2 fully saturated rings. The van der Waals surface area contributed by atoms with Crippen molar-refractivity contribution in [2.24, 2.45) is 10.9 Å². The molecule has 1 aromatic carbocycles. The number of hydrogen-bond acceptors (Lipinski definition) is 4. The van der Waals surface area contributed by atoms with E-state index in [1.807, 2.05) is 24.9 Å². The third-order valence-corrected chi connectivity index (χ3v) is 7.08. The first-order valence-corrected chi connectivity index (χ1v) is 12.2. The van der Waals surface area contributed by atoms with Crippen molar-refractivity contribution >= 4 is 47.6 Å². The van der Waals surface area contributed by atoms with Crippen molar-refractivity contribution in [1.29, 1.82) is 0 Å². The number of piperazine rings is 1. The molecule has 0 bridgehead atoms. The molecular weight excluding hydrogens is 521 g/mol. The summed E-state index contributed by atoms with van der Waals surface area (Å²) in [6.45, 7) is 8.60. The van der Waals surface area contributed by atoms with Crippen molar-refractivity contribution in [2.75, 3.05) is 52.9 Å². The highest BCUT2D eigenvalue weighted by Crippen LogP contribution is 2.27. The second-order valence-electron chi connectivity index (χ2n) is 8.27. The summed E-state index contributed by atoms with van der Waals surface area (Å²) in [5.41, 5.74) is 0. The second kappa shape index (κ2) is 14.2. The number of nitrogens with zero attached hydrogens (tertiary/aromatic N) is 3. The van der Waals surface area contributed by atoms with Gasteiger partial charge in [0.15, 0.2) is 5.96 Å². The molecule has 1 unspecified atom stereocenters. The van der Waals surface area contributed by atoms with Crippen molar-refractivity contribution in [2.45, 2.75) is 42.8 Å². The molecule has 2 aliphatic rings. The van der Waals surface area contributed by atoms with Crippen LogP contribution in [-0.2, 0) is 4.79 Å². The number of carbonyl (C=O) groups is 1. The number of carbonyl (C=O) groups excluding carboxylic acids is 1. The van der Waals surface area contributed by atoms with E-state index in [1.165, 1.54) is 17.7 Å². The van der Waals surface area contributed by atoms with Gasteiger partial charge in [-0.15, -0.1) is 35.7 Å². The molecule has 1 atom stereocenters. The topological polar surface area (TPSA) is 60.0 Å². The summed E-state index contributed by atoms with van der Waals surface area (Å²) in [4.78, 5) is 22.7. The van der Waals surface area contributed by atoms with Gasteiger partial charge in [-0.05, 0) is 25.0 Å². The SMILES string of the molecule is CN=C(NCCN1CCN(C(=O)C2CCCC2)CC1)NCC(C)Sc1ccccc1.I. The lowest BCUT2D eigenvalue weighted by Gasteiger charge is -2.36. The zero-order valence-electron chi connectivity index (χ0n) is 18.9. The molecule has 1 aliphatic heterocycles. The predicted octanol–water partition coefficient (Wildman–Crippen LogP) is 3.28. The van der Waals surface area contributed by atoms with E-state index in [4.69, 9.17) is 0 Å². The minimum atomic E-state index is 0. The number of hydrogen-bond donors (Lipinski definition) is 2. The van der Waals surface area contributed by atoms with Crippen LogP contribution in [0.5, 0.6) is 0 Å². The quantitative estimate of drug-likeness (QED) is 0.222. The lowest BCUT2D eigenvalue weighted by molar-refractivity contribution is -0.137. The summed E-state index contributed by atoms with van der Waals surface area (Å²) in [5.74, 6) is 1.55. The maximum Gasteiger partial charge on any atom is 0.225 e. The maximum atomic E-state index is 12.6. The van der Waals surface area contributed by atoms with Crippen LogP contribution in [0.1, 0.15) is 32.6 Å². The molecule has 1 saturated carbocycles. The normalized spacial score (nSPS) is 19.0. The van der Waals surface area contributed by atoms with Gasteiger partial charge in [-0.25, -0.2) is 0 Å². The van der Waals surface area contributed by atoms with Crippen molar-refractivity contribution in [3.63, 3.8) is 0 Å². The van der Waals surface area contributed by atoms with Crippen LogP contribution >= 0.6 is 35.7 Å². The van der Waals surface area contributed by atoms with Crippen LogP contribution in [-0.4, -0.2) is 79.8 Å². The molecule has 1 aromatic rings. The Morgan fingerprint density at radius 2 is 1.81 bits per heavy atom. The molecule has 3 rings (SSSR count). The van der Waals surface area contributed by atoms with Gasteiger partial charge >= 0.3 is 0 Å². The molecule has 0 radical (unpaired) electrons. The molecule has 2 N–H and O–H groups in total. The summed E-state index contributed by atoms with van der Waals surface area (Å²) >= 11 is 1.87. The highest BCUT2D eigenvalue weighted by Gasteiger charge is 2.29. The molecule has 31 heavy (non-hydrogen) atoms. The number of thioether (sulfide) groups is 1. The summed E-state index contributed by atoms with van der Waals surface area (Å²) in [6.07, 6.45) is 4.64. The van der Waals surface area contributed by atoms with Gasteiger partial charge in [-0.2, -0.15) is 0 Å². The van der Waals surface area contributed by atoms with Crippen molar-refractivity contribution in [3.8, 4) is 0 Å². The lowest BCUT2D eigenvalue weighted by atomic mass is 10.1. The van der Waals surface area contributed by atoms with Crippen LogP contribution in [0, 0.1) is 5.92 Å². The lowest BCUT2D eigenvalue weighted by Crippen LogP contribution is -2.52. The Balaban J connectivity index is 0.00000341. The van der Waals surface area contributed by atoms with Crippen molar-refractivity contribution in [3.05, 3.63) is 30.3 Å². The van der Waals surface area contributed by atoms with E-state index < -0.39 is 0 Å². The Kier molecular flexibility index (Phi) is 12.0. The fraction of sp³-hybridized carbons (Fsp3) is 0.652. The van der Waals surface area contributed by atoms with E-state index >= 15 is 0 Å². The first kappa shape index (κ1) is 26.3. The minimum absolute atomic E-state index is 0. The van der Waals surface area contributed by atoms with E-state index in [-0.39, 0.29) is 24.0 Å². The molecule has 1 saturated heterocycles. The minimum Gasteiger partial charge on any atom is -0.355 e. The molecule has 0 aromatic heterocycles. The van der Waals surface area contributed by atoms with E-state index in [0.717, 1.165) is 64.6 Å². The van der Waals surface area contributed by atoms with Crippen LogP contribution in [0.2, 0.25) is 0 Å². The smallest absolute Gasteiger partial charge is 0.225 e. The molecule has 0 spiro atoms. The summed E-state index contributed by atoms with van der Waals surface area (Å²) in [5, 5.41) is 7.30. The second-order valence-corrected chi connectivity index (χ2v) is 9.78. The third-order valence-electron chi connectivity index (χ3n) is 5.97. The third kappa shape index (κ3) is 8.81. The Bertz CT molecular complexity index is 676. The number of benzene rings is 1. The molecular formula is C23H38IN5OS. The van der Waals surface area contributed by atoms with Crippen LogP contribution in [0.3, 0.4) is 0 Å². The average molecular weight is 560 g/mol. The number of rotatable bonds is 8. The van der Waals surface area contributed by atoms with Gasteiger partial charge < -0.3 is 15.5 Å². The predicted molar refractivity (Wildman–Crippen MR) is 142 cm³/mol. The Morgan fingerprint density at radius 1 is 1.13 bits per heavy atom. The Morgan fingerprint density at radius 3 is 2.45 bits per heavy atom. The largest absolute Gasteiger partial charge is 0.355 e. The van der Waals surface area contributed by atoms with E-state index in [1.54, 1.807) is 0 Å². The fourth-order valence-electron chi connectivity index (χ4n) is 4.19. The van der Waals surface area contributed by atoms with Gasteiger partial charge in [-0.3, -0.25) is 14.7 Å². The molecule has 1 amide bonds. The maximum absolute atomic E-state index is 12.6. The van der Waals surface area contributed by atoms with Gasteiger partial charge in [-0.1, -0.05) is 38.0 Å². The average Bonchev–Trinajstić information content (AvgIpc) is 3.32. The van der Waals surface area contributed by atoms with Gasteiger partial charge in [0.05, 0.1) is 0 Å². The first-order valence-electron chi connectivity index (χ1n) is 11.3. The monoisotopic (exact) mass is 559 g/mol. The number of aliphatic imine (C=N–C) groups is 1. The van der Waals surface area contributed by atoms with Gasteiger partial charge in [0.1, 0.15) is 0 Å². The highest BCUT2D eigenvalue weighted by molar-refractivity contribution is 14.0. The molecule has 8 heteroatoms. The molecule has 6 nitrogen and oxygen atoms in total. The van der Waals surface area contributed by atoms with Crippen molar-refractivity contribution < 1.29 is 4.79 Å². The number of amides is 1. The standard InChI is InChI=1S/C23H37N5OS.HI/c1-19(30-21-10-4-3-5-11-21)18-26-23(24-2)25-12-13-27-14-16-28(17-15-27)22(29)20-8-6-7-9-20;/h3-5,10-11,19-20H,6-9,12-18H2,1-2H3,(H2,24,25,26);1H.